The highest BCUT2D eigenvalue weighted by Crippen LogP contribution is 2.23. The molecule has 2 rings (SSSR count). The average Bonchev–Trinajstić information content (AvgIpc) is 2.77. The molecule has 0 saturated heterocycles. The summed E-state index contributed by atoms with van der Waals surface area (Å²) >= 11 is 1.50. The molecule has 0 aliphatic carbocycles. The van der Waals surface area contributed by atoms with Crippen LogP contribution in [0.15, 0.2) is 34.8 Å². The number of nitrogens with two attached hydrogens (primary N) is 1. The number of rotatable bonds is 5. The summed E-state index contributed by atoms with van der Waals surface area (Å²) in [5.41, 5.74) is 7.09. The van der Waals surface area contributed by atoms with Gasteiger partial charge in [0.15, 0.2) is 5.16 Å². The van der Waals surface area contributed by atoms with E-state index in [1.165, 1.54) is 17.3 Å². The molecule has 1 atom stereocenters. The second-order valence-corrected chi connectivity index (χ2v) is 5.19. The molecule has 0 spiro atoms. The molecule has 0 saturated carbocycles. The molecule has 1 unspecified atom stereocenters. The summed E-state index contributed by atoms with van der Waals surface area (Å²) < 4.78 is 1.87. The highest BCUT2D eigenvalue weighted by molar-refractivity contribution is 7.99. The number of hydrogen-bond acceptors (Lipinski definition) is 5. The van der Waals surface area contributed by atoms with Crippen LogP contribution in [0.4, 0.5) is 0 Å². The van der Waals surface area contributed by atoms with E-state index in [0.717, 1.165) is 23.0 Å². The Bertz CT molecular complexity index is 493. The van der Waals surface area contributed by atoms with Crippen molar-refractivity contribution in [1.82, 2.24) is 19.7 Å². The second-order valence-electron chi connectivity index (χ2n) is 4.20. The lowest BCUT2D eigenvalue weighted by molar-refractivity contribution is 0.644. The number of pyridine rings is 1. The maximum Gasteiger partial charge on any atom is 0.197 e. The highest BCUT2D eigenvalue weighted by atomic mass is 32.2. The molecule has 5 nitrogen and oxygen atoms in total. The molecule has 0 fully saturated rings. The van der Waals surface area contributed by atoms with Gasteiger partial charge in [0, 0.05) is 19.3 Å². The number of nitrogens with zero attached hydrogens (tertiary/aromatic N) is 4. The van der Waals surface area contributed by atoms with Gasteiger partial charge in [0.2, 0.25) is 0 Å². The van der Waals surface area contributed by atoms with Gasteiger partial charge in [-0.3, -0.25) is 0 Å². The summed E-state index contributed by atoms with van der Waals surface area (Å²) in [5, 5.41) is 9.60. The normalized spacial score (nSPS) is 12.6. The molecule has 0 aromatic carbocycles. The first-order chi connectivity index (χ1) is 8.69. The molecule has 18 heavy (non-hydrogen) atoms. The summed E-state index contributed by atoms with van der Waals surface area (Å²) in [5.74, 6) is 0. The van der Waals surface area contributed by atoms with Gasteiger partial charge >= 0.3 is 0 Å². The van der Waals surface area contributed by atoms with Gasteiger partial charge in [-0.25, -0.2) is 4.98 Å². The van der Waals surface area contributed by atoms with Crippen molar-refractivity contribution in [3.8, 4) is 0 Å². The van der Waals surface area contributed by atoms with Gasteiger partial charge < -0.3 is 10.3 Å². The lowest BCUT2D eigenvalue weighted by atomic mass is 10.1. The van der Waals surface area contributed by atoms with Gasteiger partial charge in [0.05, 0.1) is 0 Å². The molecule has 0 aliphatic heterocycles. The van der Waals surface area contributed by atoms with Gasteiger partial charge in [0.1, 0.15) is 11.4 Å². The van der Waals surface area contributed by atoms with Crippen molar-refractivity contribution in [1.29, 1.82) is 0 Å². The Labute approximate surface area is 111 Å². The van der Waals surface area contributed by atoms with E-state index in [0.29, 0.717) is 0 Å². The molecule has 0 radical (unpaired) electrons. The van der Waals surface area contributed by atoms with Crippen molar-refractivity contribution in [3.05, 3.63) is 30.2 Å². The Morgan fingerprint density at radius 3 is 2.83 bits per heavy atom. The fourth-order valence-corrected chi connectivity index (χ4v) is 2.21. The van der Waals surface area contributed by atoms with Crippen LogP contribution in [0.3, 0.4) is 0 Å². The monoisotopic (exact) mass is 263 g/mol. The van der Waals surface area contributed by atoms with Gasteiger partial charge in [-0.05, 0) is 36.2 Å². The van der Waals surface area contributed by atoms with E-state index in [1.807, 2.05) is 23.9 Å². The van der Waals surface area contributed by atoms with Crippen molar-refractivity contribution >= 4 is 11.8 Å². The molecule has 2 N–H and O–H groups in total. The third-order valence-electron chi connectivity index (χ3n) is 2.69. The van der Waals surface area contributed by atoms with Crippen LogP contribution >= 0.6 is 11.8 Å². The summed E-state index contributed by atoms with van der Waals surface area (Å²) in [6, 6.07) is 4.28. The summed E-state index contributed by atoms with van der Waals surface area (Å²) in [6.45, 7) is 2.09. The fourth-order valence-electron chi connectivity index (χ4n) is 1.50. The zero-order valence-corrected chi connectivity index (χ0v) is 11.4. The Morgan fingerprint density at radius 1 is 1.44 bits per heavy atom. The molecule has 0 amide bonds. The molecule has 0 bridgehead atoms. The van der Waals surface area contributed by atoms with Crippen molar-refractivity contribution in [2.45, 2.75) is 36.0 Å². The molecule has 96 valence electrons. The fraction of sp³-hybridized carbons (Fsp3) is 0.417. The lowest BCUT2D eigenvalue weighted by Gasteiger charge is -2.08. The zero-order valence-electron chi connectivity index (χ0n) is 10.6. The largest absolute Gasteiger partial charge is 0.327 e. The van der Waals surface area contributed by atoms with Crippen LogP contribution in [0.2, 0.25) is 0 Å². The number of aromatic nitrogens is 4. The predicted octanol–water partition coefficient (Wildman–Crippen LogP) is 1.64. The van der Waals surface area contributed by atoms with Crippen molar-refractivity contribution in [2.75, 3.05) is 0 Å². The van der Waals surface area contributed by atoms with Crippen LogP contribution in [-0.4, -0.2) is 25.8 Å². The first-order valence-corrected chi connectivity index (χ1v) is 6.73. The molecular weight excluding hydrogens is 246 g/mol. The standard InChI is InChI=1S/C12H17N5S/c1-3-10(13)6-9-4-5-11(14-7-9)18-12-16-15-8-17(12)2/h4-5,7-8,10H,3,6,13H2,1-2H3. The van der Waals surface area contributed by atoms with E-state index < -0.39 is 0 Å². The van der Waals surface area contributed by atoms with Crippen molar-refractivity contribution < 1.29 is 0 Å². The number of hydrogen-bond donors (Lipinski definition) is 1. The average molecular weight is 263 g/mol. The van der Waals surface area contributed by atoms with Crippen LogP contribution < -0.4 is 5.73 Å². The Kier molecular flexibility index (Phi) is 4.33. The molecule has 2 aromatic heterocycles. The quantitative estimate of drug-likeness (QED) is 0.888. The van der Waals surface area contributed by atoms with Gasteiger partial charge in [-0.15, -0.1) is 10.2 Å². The smallest absolute Gasteiger partial charge is 0.197 e. The van der Waals surface area contributed by atoms with Crippen LogP contribution in [-0.2, 0) is 13.5 Å². The predicted molar refractivity (Wildman–Crippen MR) is 71.3 cm³/mol. The minimum absolute atomic E-state index is 0.212. The highest BCUT2D eigenvalue weighted by Gasteiger charge is 2.06. The molecule has 6 heteroatoms. The second kappa shape index (κ2) is 5.97. The number of aryl methyl sites for hydroxylation is 1. The van der Waals surface area contributed by atoms with E-state index in [1.54, 1.807) is 6.33 Å². The Morgan fingerprint density at radius 2 is 2.28 bits per heavy atom. The van der Waals surface area contributed by atoms with Crippen LogP contribution in [0.1, 0.15) is 18.9 Å². The Balaban J connectivity index is 2.02. The zero-order chi connectivity index (χ0) is 13.0. The van der Waals surface area contributed by atoms with Crippen molar-refractivity contribution in [3.63, 3.8) is 0 Å². The minimum atomic E-state index is 0.212. The van der Waals surface area contributed by atoms with Crippen molar-refractivity contribution in [2.24, 2.45) is 12.8 Å². The molecule has 0 aliphatic rings. The maximum atomic E-state index is 5.92. The lowest BCUT2D eigenvalue weighted by Crippen LogP contribution is -2.21. The summed E-state index contributed by atoms with van der Waals surface area (Å²) in [6.07, 6.45) is 5.42. The van der Waals surface area contributed by atoms with E-state index in [2.05, 4.69) is 28.2 Å². The Hall–Kier alpha value is -1.40. The first kappa shape index (κ1) is 13.0. The summed E-state index contributed by atoms with van der Waals surface area (Å²) in [7, 11) is 1.91. The van der Waals surface area contributed by atoms with E-state index in [-0.39, 0.29) is 6.04 Å². The van der Waals surface area contributed by atoms with Crippen LogP contribution in [0, 0.1) is 0 Å². The molecular formula is C12H17N5S. The van der Waals surface area contributed by atoms with E-state index in [9.17, 15) is 0 Å². The topological polar surface area (TPSA) is 69.6 Å². The van der Waals surface area contributed by atoms with Crippen LogP contribution in [0.5, 0.6) is 0 Å². The molecule has 2 aromatic rings. The van der Waals surface area contributed by atoms with E-state index in [4.69, 9.17) is 5.73 Å². The molecule has 2 heterocycles. The van der Waals surface area contributed by atoms with Gasteiger partial charge in [-0.1, -0.05) is 13.0 Å². The maximum absolute atomic E-state index is 5.92. The SMILES string of the molecule is CCC(N)Cc1ccc(Sc2nncn2C)nc1. The van der Waals surface area contributed by atoms with Gasteiger partial charge in [0.25, 0.3) is 0 Å². The minimum Gasteiger partial charge on any atom is -0.327 e. The van der Waals surface area contributed by atoms with Gasteiger partial charge in [-0.2, -0.15) is 0 Å². The first-order valence-electron chi connectivity index (χ1n) is 5.91. The third kappa shape index (κ3) is 3.30. The van der Waals surface area contributed by atoms with E-state index >= 15 is 0 Å². The summed E-state index contributed by atoms with van der Waals surface area (Å²) in [4.78, 5) is 4.41. The third-order valence-corrected chi connectivity index (χ3v) is 3.69. The van der Waals surface area contributed by atoms with Crippen LogP contribution in [0.25, 0.3) is 0 Å².